The average molecular weight is 279 g/mol. The summed E-state index contributed by atoms with van der Waals surface area (Å²) >= 11 is 1.58. The number of hydrogen-bond acceptors (Lipinski definition) is 5. The van der Waals surface area contributed by atoms with Crippen molar-refractivity contribution in [2.45, 2.75) is 43.8 Å². The predicted molar refractivity (Wildman–Crippen MR) is 72.3 cm³/mol. The van der Waals surface area contributed by atoms with Gasteiger partial charge in [0.1, 0.15) is 5.51 Å². The highest BCUT2D eigenvalue weighted by atomic mass is 32.1. The molecule has 1 aromatic rings. The van der Waals surface area contributed by atoms with E-state index in [1.165, 1.54) is 0 Å². The number of carbonyl (C=O) groups is 1. The van der Waals surface area contributed by atoms with Gasteiger partial charge >= 0.3 is 6.03 Å². The van der Waals surface area contributed by atoms with Crippen molar-refractivity contribution >= 4 is 22.5 Å². The van der Waals surface area contributed by atoms with E-state index in [1.807, 2.05) is 4.90 Å². The molecule has 1 N–H and O–H groups in total. The van der Waals surface area contributed by atoms with Crippen molar-refractivity contribution < 1.29 is 4.79 Å². The molecule has 0 aromatic carbocycles. The number of nitrogens with zero attached hydrogens (tertiary/aromatic N) is 4. The number of anilines is 1. The van der Waals surface area contributed by atoms with Gasteiger partial charge < -0.3 is 15.1 Å². The largest absolute Gasteiger partial charge is 0.341 e. The van der Waals surface area contributed by atoms with Gasteiger partial charge in [0, 0.05) is 19.1 Å². The lowest BCUT2D eigenvalue weighted by Gasteiger charge is -2.25. The summed E-state index contributed by atoms with van der Waals surface area (Å²) in [6, 6.07) is 1.35. The Bertz CT molecular complexity index is 474. The zero-order valence-electron chi connectivity index (χ0n) is 10.7. The predicted octanol–water partition coefficient (Wildman–Crippen LogP) is 1.06. The Balaban J connectivity index is 1.47. The van der Waals surface area contributed by atoms with Crippen LogP contribution >= 0.6 is 11.3 Å². The van der Waals surface area contributed by atoms with Crippen LogP contribution in [0.4, 0.5) is 9.93 Å². The zero-order chi connectivity index (χ0) is 12.8. The minimum absolute atomic E-state index is 0.133. The first-order valence-corrected chi connectivity index (χ1v) is 7.81. The van der Waals surface area contributed by atoms with Gasteiger partial charge in [-0.15, -0.1) is 10.2 Å². The molecule has 2 atom stereocenters. The first-order chi connectivity index (χ1) is 9.33. The molecule has 2 aliphatic heterocycles. The van der Waals surface area contributed by atoms with Crippen molar-refractivity contribution in [3.05, 3.63) is 5.51 Å². The third-order valence-electron chi connectivity index (χ3n) is 4.34. The highest BCUT2D eigenvalue weighted by Crippen LogP contribution is 2.35. The van der Waals surface area contributed by atoms with E-state index in [-0.39, 0.29) is 6.03 Å². The van der Waals surface area contributed by atoms with E-state index < -0.39 is 0 Å². The number of aromatic nitrogens is 2. The SMILES string of the molecule is O=C(NC1CC1)N1CC[C@@H]2[C@@H]1CCN2c1nncs1. The minimum Gasteiger partial charge on any atom is -0.341 e. The number of urea groups is 1. The monoisotopic (exact) mass is 279 g/mol. The molecule has 0 bridgehead atoms. The second-order valence-electron chi connectivity index (χ2n) is 5.54. The second-order valence-corrected chi connectivity index (χ2v) is 6.36. The second kappa shape index (κ2) is 4.33. The van der Waals surface area contributed by atoms with Gasteiger partial charge in [0.05, 0.1) is 12.1 Å². The molecule has 2 amide bonds. The average Bonchev–Trinajstić information content (AvgIpc) is 2.88. The van der Waals surface area contributed by atoms with Crippen molar-refractivity contribution in [1.29, 1.82) is 0 Å². The molecule has 0 unspecified atom stereocenters. The lowest BCUT2D eigenvalue weighted by molar-refractivity contribution is 0.192. The number of amides is 2. The molecule has 19 heavy (non-hydrogen) atoms. The van der Waals surface area contributed by atoms with E-state index in [1.54, 1.807) is 16.8 Å². The van der Waals surface area contributed by atoms with Crippen LogP contribution in [-0.4, -0.2) is 52.3 Å². The summed E-state index contributed by atoms with van der Waals surface area (Å²) in [5, 5.41) is 12.2. The highest BCUT2D eigenvalue weighted by Gasteiger charge is 2.45. The summed E-state index contributed by atoms with van der Waals surface area (Å²) < 4.78 is 0. The Labute approximate surface area is 115 Å². The number of carbonyl (C=O) groups excluding carboxylic acids is 1. The van der Waals surface area contributed by atoms with Crippen LogP contribution in [-0.2, 0) is 0 Å². The summed E-state index contributed by atoms with van der Waals surface area (Å²) in [6.45, 7) is 1.85. The molecule has 4 rings (SSSR count). The smallest absolute Gasteiger partial charge is 0.317 e. The summed E-state index contributed by atoms with van der Waals surface area (Å²) in [6.07, 6.45) is 4.37. The molecule has 2 saturated heterocycles. The van der Waals surface area contributed by atoms with Crippen molar-refractivity contribution in [2.24, 2.45) is 0 Å². The van der Waals surface area contributed by atoms with Gasteiger partial charge in [-0.1, -0.05) is 11.3 Å². The van der Waals surface area contributed by atoms with Gasteiger partial charge in [-0.25, -0.2) is 4.79 Å². The normalized spacial score (nSPS) is 29.7. The molecule has 102 valence electrons. The van der Waals surface area contributed by atoms with Gasteiger partial charge in [-0.2, -0.15) is 0 Å². The number of nitrogens with one attached hydrogen (secondary N) is 1. The molecule has 1 aromatic heterocycles. The molecule has 3 heterocycles. The number of rotatable bonds is 2. The minimum atomic E-state index is 0.133. The summed E-state index contributed by atoms with van der Waals surface area (Å²) in [5.74, 6) is 0. The maximum atomic E-state index is 12.2. The van der Waals surface area contributed by atoms with Crippen molar-refractivity contribution in [3.8, 4) is 0 Å². The van der Waals surface area contributed by atoms with Crippen LogP contribution in [0.25, 0.3) is 0 Å². The van der Waals surface area contributed by atoms with Gasteiger partial charge in [-0.05, 0) is 25.7 Å². The molecular formula is C12H17N5OS. The van der Waals surface area contributed by atoms with Gasteiger partial charge in [0.25, 0.3) is 0 Å². The van der Waals surface area contributed by atoms with Gasteiger partial charge in [0.2, 0.25) is 5.13 Å². The third kappa shape index (κ3) is 1.96. The molecule has 0 radical (unpaired) electrons. The Kier molecular flexibility index (Phi) is 2.61. The molecule has 6 nitrogen and oxygen atoms in total. The summed E-state index contributed by atoms with van der Waals surface area (Å²) in [4.78, 5) is 16.6. The quantitative estimate of drug-likeness (QED) is 0.879. The van der Waals surface area contributed by atoms with Crippen molar-refractivity contribution in [1.82, 2.24) is 20.4 Å². The van der Waals surface area contributed by atoms with E-state index in [2.05, 4.69) is 20.4 Å². The van der Waals surface area contributed by atoms with E-state index in [9.17, 15) is 4.79 Å². The first kappa shape index (κ1) is 11.5. The van der Waals surface area contributed by atoms with E-state index in [0.29, 0.717) is 18.1 Å². The van der Waals surface area contributed by atoms with Crippen LogP contribution in [0.15, 0.2) is 5.51 Å². The molecular weight excluding hydrogens is 262 g/mol. The highest BCUT2D eigenvalue weighted by molar-refractivity contribution is 7.13. The number of fused-ring (bicyclic) bond motifs is 1. The van der Waals surface area contributed by atoms with E-state index in [0.717, 1.165) is 43.9 Å². The van der Waals surface area contributed by atoms with Crippen LogP contribution < -0.4 is 10.2 Å². The Morgan fingerprint density at radius 1 is 1.26 bits per heavy atom. The zero-order valence-corrected chi connectivity index (χ0v) is 11.5. The summed E-state index contributed by atoms with van der Waals surface area (Å²) in [7, 11) is 0. The lowest BCUT2D eigenvalue weighted by Crippen LogP contribution is -2.45. The fourth-order valence-corrected chi connectivity index (χ4v) is 3.90. The molecule has 0 spiro atoms. The molecule has 3 aliphatic rings. The Morgan fingerprint density at radius 3 is 2.84 bits per heavy atom. The van der Waals surface area contributed by atoms with Crippen LogP contribution in [0, 0.1) is 0 Å². The Morgan fingerprint density at radius 2 is 2.11 bits per heavy atom. The van der Waals surface area contributed by atoms with Gasteiger partial charge in [-0.3, -0.25) is 0 Å². The van der Waals surface area contributed by atoms with E-state index in [4.69, 9.17) is 0 Å². The standard InChI is InChI=1S/C12H17N5OS/c18-11(14-8-1-2-8)16-5-3-10-9(16)4-6-17(10)12-15-13-7-19-12/h7-10H,1-6H2,(H,14,18)/t9-,10+/m0/s1. The molecule has 7 heteroatoms. The maximum Gasteiger partial charge on any atom is 0.317 e. The van der Waals surface area contributed by atoms with Crippen molar-refractivity contribution in [3.63, 3.8) is 0 Å². The number of hydrogen-bond donors (Lipinski definition) is 1. The van der Waals surface area contributed by atoms with Crippen LogP contribution in [0.1, 0.15) is 25.7 Å². The molecule has 1 saturated carbocycles. The maximum absolute atomic E-state index is 12.2. The van der Waals surface area contributed by atoms with Gasteiger partial charge in [0.15, 0.2) is 0 Å². The summed E-state index contributed by atoms with van der Waals surface area (Å²) in [5.41, 5.74) is 1.77. The van der Waals surface area contributed by atoms with E-state index >= 15 is 0 Å². The molecule has 1 aliphatic carbocycles. The third-order valence-corrected chi connectivity index (χ3v) is 5.06. The van der Waals surface area contributed by atoms with Crippen molar-refractivity contribution in [2.75, 3.05) is 18.0 Å². The first-order valence-electron chi connectivity index (χ1n) is 6.93. The fraction of sp³-hybridized carbons (Fsp3) is 0.750. The Hall–Kier alpha value is -1.37. The van der Waals surface area contributed by atoms with Crippen LogP contribution in [0.2, 0.25) is 0 Å². The topological polar surface area (TPSA) is 61.4 Å². The van der Waals surface area contributed by atoms with Crippen LogP contribution in [0.3, 0.4) is 0 Å². The molecule has 3 fully saturated rings. The number of likely N-dealkylation sites (tertiary alicyclic amines) is 1. The lowest BCUT2D eigenvalue weighted by atomic mass is 10.1. The van der Waals surface area contributed by atoms with Crippen LogP contribution in [0.5, 0.6) is 0 Å². The fourth-order valence-electron chi connectivity index (χ4n) is 3.25.